The van der Waals surface area contributed by atoms with E-state index in [1.807, 2.05) is 48.5 Å². The maximum absolute atomic E-state index is 14.6. The summed E-state index contributed by atoms with van der Waals surface area (Å²) in [7, 11) is 1.49. The van der Waals surface area contributed by atoms with Crippen LogP contribution in [-0.4, -0.2) is 110 Å². The molecule has 5 rings (SSSR count). The molecule has 0 spiro atoms. The van der Waals surface area contributed by atoms with Crippen molar-refractivity contribution in [3.8, 4) is 16.9 Å². The van der Waals surface area contributed by atoms with Crippen LogP contribution in [0, 0.1) is 0 Å². The molecule has 1 saturated heterocycles. The van der Waals surface area contributed by atoms with Crippen LogP contribution < -0.4 is 4.74 Å². The second-order valence-electron chi connectivity index (χ2n) is 13.0. The van der Waals surface area contributed by atoms with E-state index in [0.717, 1.165) is 49.9 Å². The van der Waals surface area contributed by atoms with E-state index in [1.165, 1.54) is 7.11 Å². The van der Waals surface area contributed by atoms with Gasteiger partial charge in [0.05, 0.1) is 7.11 Å². The molecule has 56 heavy (non-hydrogen) atoms. The number of hydrogen-bond donors (Lipinski definition) is 1. The largest absolute Gasteiger partial charge is 0.497 e. The fourth-order valence-corrected chi connectivity index (χ4v) is 6.63. The first-order valence-corrected chi connectivity index (χ1v) is 17.7. The lowest BCUT2D eigenvalue weighted by atomic mass is 9.96. The number of hydrogen-bond acceptors (Lipinski definition) is 15. The van der Waals surface area contributed by atoms with E-state index in [0.29, 0.717) is 16.2 Å². The van der Waals surface area contributed by atoms with Gasteiger partial charge in [0.25, 0.3) is 0 Å². The first-order chi connectivity index (χ1) is 26.8. The molecule has 1 fully saturated rings. The summed E-state index contributed by atoms with van der Waals surface area (Å²) in [5.74, 6) is -4.40. The van der Waals surface area contributed by atoms with Crippen molar-refractivity contribution < 1.29 is 71.8 Å². The molecule has 1 unspecified atom stereocenters. The number of rotatable bonds is 14. The van der Waals surface area contributed by atoms with Crippen molar-refractivity contribution in [2.45, 2.75) is 76.9 Å². The highest BCUT2D eigenvalue weighted by atomic mass is 16.6. The van der Waals surface area contributed by atoms with Gasteiger partial charge in [0.1, 0.15) is 44.4 Å². The van der Waals surface area contributed by atoms with Crippen LogP contribution in [0.1, 0.15) is 50.3 Å². The smallest absolute Gasteiger partial charge is 0.412 e. The Kier molecular flexibility index (Phi) is 13.6. The third-order valence-electron chi connectivity index (χ3n) is 9.10. The Bertz CT molecular complexity index is 1870. The lowest BCUT2D eigenvalue weighted by Crippen LogP contribution is -2.68. The standard InChI is InChI=1S/C40H43NO15/c1-22(42)50-20-33(39(47)52-18-26-14-16-27(49-5)17-15-26)41(40(48)53-19-32-30-12-8-6-10-28(30)29-11-7-9-13-31(29)32)38-37(55-25(4)45)35(46)36(54-24(3)44)34(56-38)21-51-23(2)43/h6-17,32-38,46H,18-21H2,1-5H3/t33?,34-,35+,36-,37+,38+/m1/s1. The van der Waals surface area contributed by atoms with Crippen LogP contribution in [0.25, 0.3) is 11.1 Å². The predicted molar refractivity (Wildman–Crippen MR) is 193 cm³/mol. The van der Waals surface area contributed by atoms with E-state index < -0.39 is 91.8 Å². The Morgan fingerprint density at radius 2 is 1.27 bits per heavy atom. The minimum absolute atomic E-state index is 0.259. The number of benzene rings is 3. The normalized spacial score (nSPS) is 20.3. The Morgan fingerprint density at radius 1 is 0.696 bits per heavy atom. The summed E-state index contributed by atoms with van der Waals surface area (Å²) in [6.45, 7) is 2.30. The van der Waals surface area contributed by atoms with Crippen molar-refractivity contribution in [2.75, 3.05) is 26.9 Å². The fourth-order valence-electron chi connectivity index (χ4n) is 6.63. The van der Waals surface area contributed by atoms with Gasteiger partial charge in [-0.15, -0.1) is 0 Å². The summed E-state index contributed by atoms with van der Waals surface area (Å²) >= 11 is 0. The molecule has 16 nitrogen and oxygen atoms in total. The van der Waals surface area contributed by atoms with Gasteiger partial charge in [-0.2, -0.15) is 0 Å². The zero-order chi connectivity index (χ0) is 40.5. The van der Waals surface area contributed by atoms with E-state index in [-0.39, 0.29) is 13.2 Å². The molecular weight excluding hydrogens is 734 g/mol. The first kappa shape index (κ1) is 41.2. The number of ether oxygens (including phenoxy) is 8. The minimum Gasteiger partial charge on any atom is -0.497 e. The van der Waals surface area contributed by atoms with Gasteiger partial charge in [-0.25, -0.2) is 9.59 Å². The van der Waals surface area contributed by atoms with E-state index >= 15 is 0 Å². The van der Waals surface area contributed by atoms with Crippen LogP contribution in [0.15, 0.2) is 72.8 Å². The van der Waals surface area contributed by atoms with Crippen LogP contribution in [0.4, 0.5) is 4.79 Å². The highest BCUT2D eigenvalue weighted by molar-refractivity contribution is 5.83. The molecule has 1 aliphatic carbocycles. The van der Waals surface area contributed by atoms with Crippen molar-refractivity contribution >= 4 is 35.9 Å². The molecule has 298 valence electrons. The molecule has 3 aromatic rings. The Balaban J connectivity index is 1.56. The van der Waals surface area contributed by atoms with Crippen LogP contribution in [-0.2, 0) is 63.7 Å². The number of fused-ring (bicyclic) bond motifs is 3. The van der Waals surface area contributed by atoms with Crippen LogP contribution >= 0.6 is 0 Å². The van der Waals surface area contributed by atoms with Gasteiger partial charge in [-0.05, 0) is 39.9 Å². The van der Waals surface area contributed by atoms with Crippen molar-refractivity contribution in [2.24, 2.45) is 0 Å². The molecule has 16 heteroatoms. The van der Waals surface area contributed by atoms with Gasteiger partial charge in [0.15, 0.2) is 24.5 Å². The first-order valence-electron chi connectivity index (χ1n) is 17.7. The summed E-state index contributed by atoms with van der Waals surface area (Å²) < 4.78 is 44.1. The van der Waals surface area contributed by atoms with Gasteiger partial charge < -0.3 is 43.0 Å². The minimum atomic E-state index is -1.92. The number of aliphatic hydroxyl groups excluding tert-OH is 1. The van der Waals surface area contributed by atoms with E-state index in [1.54, 1.807) is 24.3 Å². The second kappa shape index (κ2) is 18.6. The number of esters is 5. The van der Waals surface area contributed by atoms with E-state index in [4.69, 9.17) is 37.9 Å². The Labute approximate surface area is 322 Å². The Hall–Kier alpha value is -6.00. The molecule has 0 saturated carbocycles. The fraction of sp³-hybridized carbons (Fsp3) is 0.400. The number of aliphatic hydroxyl groups is 1. The number of nitrogens with zero attached hydrogens (tertiary/aromatic N) is 1. The maximum Gasteiger partial charge on any atom is 0.412 e. The van der Waals surface area contributed by atoms with Crippen LogP contribution in [0.5, 0.6) is 5.75 Å². The zero-order valence-electron chi connectivity index (χ0n) is 31.4. The summed E-state index contributed by atoms with van der Waals surface area (Å²) in [6, 6.07) is 19.9. The predicted octanol–water partition coefficient (Wildman–Crippen LogP) is 3.43. The van der Waals surface area contributed by atoms with Crippen molar-refractivity contribution in [1.82, 2.24) is 4.90 Å². The molecule has 0 radical (unpaired) electrons. The third kappa shape index (κ3) is 9.80. The molecule has 1 heterocycles. The van der Waals surface area contributed by atoms with Crippen molar-refractivity contribution in [1.29, 1.82) is 0 Å². The second-order valence-corrected chi connectivity index (χ2v) is 13.0. The third-order valence-corrected chi connectivity index (χ3v) is 9.10. The summed E-state index contributed by atoms with van der Waals surface area (Å²) in [4.78, 5) is 78.1. The molecule has 6 atom stereocenters. The monoisotopic (exact) mass is 777 g/mol. The lowest BCUT2D eigenvalue weighted by Gasteiger charge is -2.47. The van der Waals surface area contributed by atoms with Crippen molar-refractivity contribution in [3.63, 3.8) is 0 Å². The average Bonchev–Trinajstić information content (AvgIpc) is 3.49. The number of amides is 1. The maximum atomic E-state index is 14.6. The van der Waals surface area contributed by atoms with Gasteiger partial charge in [-0.3, -0.25) is 24.1 Å². The molecule has 1 aliphatic heterocycles. The Morgan fingerprint density at radius 3 is 1.82 bits per heavy atom. The topological polar surface area (TPSA) is 200 Å². The van der Waals surface area contributed by atoms with Gasteiger partial charge in [-0.1, -0.05) is 60.7 Å². The zero-order valence-corrected chi connectivity index (χ0v) is 31.4. The SMILES string of the molecule is COc1ccc(COC(=O)C(COC(C)=O)N(C(=O)OCC2c3ccccc3-c3ccccc32)[C@H]2O[C@H](COC(C)=O)[C@@H](OC(C)=O)[C@H](O)[C@@H]2OC(C)=O)cc1. The van der Waals surface area contributed by atoms with E-state index in [2.05, 4.69) is 0 Å². The number of methoxy groups -OCH3 is 1. The molecular formula is C40H43NO15. The molecule has 1 N–H and O–H groups in total. The summed E-state index contributed by atoms with van der Waals surface area (Å²) in [6.07, 6.45) is -9.98. The summed E-state index contributed by atoms with van der Waals surface area (Å²) in [5, 5.41) is 11.7. The molecule has 1 amide bonds. The molecule has 0 aromatic heterocycles. The van der Waals surface area contributed by atoms with Crippen LogP contribution in [0.3, 0.4) is 0 Å². The van der Waals surface area contributed by atoms with E-state index in [9.17, 15) is 33.9 Å². The quantitative estimate of drug-likeness (QED) is 0.184. The highest BCUT2D eigenvalue weighted by Gasteiger charge is 2.55. The highest BCUT2D eigenvalue weighted by Crippen LogP contribution is 2.44. The molecule has 3 aromatic carbocycles. The molecule has 2 aliphatic rings. The summed E-state index contributed by atoms with van der Waals surface area (Å²) in [5.41, 5.74) is 4.15. The average molecular weight is 778 g/mol. The van der Waals surface area contributed by atoms with Gasteiger partial charge in [0, 0.05) is 33.6 Å². The van der Waals surface area contributed by atoms with Crippen molar-refractivity contribution in [3.05, 3.63) is 89.5 Å². The lowest BCUT2D eigenvalue weighted by molar-refractivity contribution is -0.274. The van der Waals surface area contributed by atoms with Gasteiger partial charge >= 0.3 is 35.9 Å². The van der Waals surface area contributed by atoms with Gasteiger partial charge in [0.2, 0.25) is 0 Å². The number of carbonyl (C=O) groups excluding carboxylic acids is 6. The van der Waals surface area contributed by atoms with Crippen LogP contribution in [0.2, 0.25) is 0 Å². The number of carbonyl (C=O) groups is 6. The molecule has 0 bridgehead atoms.